The lowest BCUT2D eigenvalue weighted by molar-refractivity contribution is -0.0118. The lowest BCUT2D eigenvalue weighted by Gasteiger charge is -2.24. The van der Waals surface area contributed by atoms with Crippen LogP contribution in [0.2, 0.25) is 15.1 Å². The summed E-state index contributed by atoms with van der Waals surface area (Å²) in [5, 5.41) is 1.14. The number of benzene rings is 3. The van der Waals surface area contributed by atoms with Gasteiger partial charge in [0.25, 0.3) is 5.91 Å². The second-order valence-electron chi connectivity index (χ2n) is 7.22. The fourth-order valence-corrected chi connectivity index (χ4v) is 3.96. The van der Waals surface area contributed by atoms with Gasteiger partial charge in [0.2, 0.25) is 0 Å². The minimum Gasteiger partial charge on any atom is -0.491 e. The lowest BCUT2D eigenvalue weighted by Crippen LogP contribution is -2.33. The van der Waals surface area contributed by atoms with Crippen LogP contribution in [0.15, 0.2) is 66.7 Å². The third-order valence-electron chi connectivity index (χ3n) is 5.05. The first-order valence-electron chi connectivity index (χ1n) is 9.80. The van der Waals surface area contributed by atoms with Gasteiger partial charge in [-0.25, -0.2) is 0 Å². The molecule has 3 aromatic rings. The average molecular weight is 491 g/mol. The van der Waals surface area contributed by atoms with Crippen LogP contribution >= 0.6 is 34.8 Å². The van der Waals surface area contributed by atoms with E-state index < -0.39 is 12.3 Å². The third kappa shape index (κ3) is 4.92. The summed E-state index contributed by atoms with van der Waals surface area (Å²) in [7, 11) is 0. The zero-order valence-electron chi connectivity index (χ0n) is 16.7. The van der Waals surface area contributed by atoms with Crippen LogP contribution in [0.1, 0.15) is 32.5 Å². The predicted octanol–water partition coefficient (Wildman–Crippen LogP) is 6.08. The Bertz CT molecular complexity index is 1140. The fourth-order valence-electron chi connectivity index (χ4n) is 3.44. The number of hydrogen-bond donors (Lipinski definition) is 0. The highest BCUT2D eigenvalue weighted by molar-refractivity contribution is 6.42. The number of hydrogen-bond acceptors (Lipinski definition) is 4. The van der Waals surface area contributed by atoms with Crippen LogP contribution in [0.5, 0.6) is 5.75 Å². The fraction of sp³-hybridized carbons (Fsp3) is 0.167. The smallest absolute Gasteiger partial charge is 0.257 e. The van der Waals surface area contributed by atoms with Gasteiger partial charge in [-0.3, -0.25) is 9.59 Å². The Morgan fingerprint density at radius 2 is 1.75 bits per heavy atom. The first-order chi connectivity index (χ1) is 15.5. The van der Waals surface area contributed by atoms with Crippen molar-refractivity contribution in [3.63, 3.8) is 0 Å². The molecule has 2 atom stereocenters. The van der Waals surface area contributed by atoms with Crippen molar-refractivity contribution in [2.45, 2.75) is 12.3 Å². The standard InChI is InChI=1S/C24H18Cl3NO4/c25-20-4-2-1-3-19(20)23(30)28-12-18(14-31-17-8-5-15(13-29)6-9-17)32-24(28)16-7-10-21(26)22(27)11-16/h1-11,13,18,24H,12,14H2. The molecule has 1 amide bonds. The number of amides is 1. The van der Waals surface area contributed by atoms with Gasteiger partial charge in [0.05, 0.1) is 27.2 Å². The number of halogens is 3. The van der Waals surface area contributed by atoms with E-state index in [-0.39, 0.29) is 12.5 Å². The second kappa shape index (κ2) is 9.92. The molecule has 1 aliphatic rings. The zero-order valence-corrected chi connectivity index (χ0v) is 19.0. The number of ether oxygens (including phenoxy) is 2. The van der Waals surface area contributed by atoms with E-state index >= 15 is 0 Å². The Hall–Kier alpha value is -2.57. The Balaban J connectivity index is 1.56. The number of carbonyl (C=O) groups is 2. The maximum absolute atomic E-state index is 13.3. The molecule has 1 heterocycles. The predicted molar refractivity (Wildman–Crippen MR) is 124 cm³/mol. The minimum absolute atomic E-state index is 0.213. The van der Waals surface area contributed by atoms with E-state index in [9.17, 15) is 9.59 Å². The van der Waals surface area contributed by atoms with E-state index in [1.165, 1.54) is 0 Å². The lowest BCUT2D eigenvalue weighted by atomic mass is 10.1. The van der Waals surface area contributed by atoms with Gasteiger partial charge in [-0.1, -0.05) is 53.0 Å². The quantitative estimate of drug-likeness (QED) is 0.393. The van der Waals surface area contributed by atoms with Crippen molar-refractivity contribution in [1.29, 1.82) is 0 Å². The highest BCUT2D eigenvalue weighted by Gasteiger charge is 2.38. The SMILES string of the molecule is O=Cc1ccc(OCC2CN(C(=O)c3ccccc3Cl)C(c3ccc(Cl)c(Cl)c3)O2)cc1. The van der Waals surface area contributed by atoms with Crippen LogP contribution in [0.25, 0.3) is 0 Å². The molecule has 0 aromatic heterocycles. The monoisotopic (exact) mass is 489 g/mol. The number of carbonyl (C=O) groups excluding carboxylic acids is 2. The van der Waals surface area contributed by atoms with Crippen molar-refractivity contribution in [2.75, 3.05) is 13.2 Å². The molecule has 1 saturated heterocycles. The average Bonchev–Trinajstić information content (AvgIpc) is 3.24. The largest absolute Gasteiger partial charge is 0.491 e. The summed E-state index contributed by atoms with van der Waals surface area (Å²) in [5.41, 5.74) is 1.64. The Labute approximate surface area is 200 Å². The molecule has 3 aromatic carbocycles. The third-order valence-corrected chi connectivity index (χ3v) is 6.12. The van der Waals surface area contributed by atoms with E-state index in [4.69, 9.17) is 44.3 Å². The Kier molecular flexibility index (Phi) is 7.01. The summed E-state index contributed by atoms with van der Waals surface area (Å²) in [5.74, 6) is 0.339. The molecule has 8 heteroatoms. The molecule has 0 radical (unpaired) electrons. The molecule has 0 bridgehead atoms. The molecule has 0 aliphatic carbocycles. The van der Waals surface area contributed by atoms with Gasteiger partial charge >= 0.3 is 0 Å². The van der Waals surface area contributed by atoms with Gasteiger partial charge in [-0.05, 0) is 48.5 Å². The van der Waals surface area contributed by atoms with E-state index in [1.54, 1.807) is 71.6 Å². The van der Waals surface area contributed by atoms with Gasteiger partial charge in [-0.2, -0.15) is 0 Å². The molecule has 0 spiro atoms. The van der Waals surface area contributed by atoms with Crippen LogP contribution in [0.3, 0.4) is 0 Å². The van der Waals surface area contributed by atoms with Crippen molar-refractivity contribution in [3.05, 3.63) is 98.5 Å². The summed E-state index contributed by atoms with van der Waals surface area (Å²) in [4.78, 5) is 25.7. The molecule has 164 valence electrons. The van der Waals surface area contributed by atoms with Crippen LogP contribution in [-0.2, 0) is 4.74 Å². The molecule has 5 nitrogen and oxygen atoms in total. The Morgan fingerprint density at radius 3 is 2.44 bits per heavy atom. The van der Waals surface area contributed by atoms with Gasteiger partial charge in [-0.15, -0.1) is 0 Å². The van der Waals surface area contributed by atoms with Crippen molar-refractivity contribution in [1.82, 2.24) is 4.90 Å². The number of aldehydes is 1. The van der Waals surface area contributed by atoms with Gasteiger partial charge < -0.3 is 14.4 Å². The van der Waals surface area contributed by atoms with E-state index in [0.717, 1.165) is 6.29 Å². The van der Waals surface area contributed by atoms with Crippen LogP contribution in [0, 0.1) is 0 Å². The summed E-state index contributed by atoms with van der Waals surface area (Å²) >= 11 is 18.5. The van der Waals surface area contributed by atoms with Crippen molar-refractivity contribution in [3.8, 4) is 5.75 Å². The van der Waals surface area contributed by atoms with Crippen molar-refractivity contribution in [2.24, 2.45) is 0 Å². The molecule has 4 rings (SSSR count). The van der Waals surface area contributed by atoms with Gasteiger partial charge in [0, 0.05) is 11.1 Å². The number of nitrogens with zero attached hydrogens (tertiary/aromatic N) is 1. The maximum atomic E-state index is 13.3. The van der Waals surface area contributed by atoms with Crippen molar-refractivity contribution >= 4 is 47.0 Å². The minimum atomic E-state index is -0.681. The van der Waals surface area contributed by atoms with E-state index in [0.29, 0.717) is 44.1 Å². The summed E-state index contributed by atoms with van der Waals surface area (Å²) in [6, 6.07) is 18.8. The first kappa shape index (κ1) is 22.6. The molecule has 0 N–H and O–H groups in total. The van der Waals surface area contributed by atoms with E-state index in [1.807, 2.05) is 0 Å². The number of rotatable bonds is 6. The summed E-state index contributed by atoms with van der Waals surface area (Å²) in [6.07, 6.45) is -0.310. The summed E-state index contributed by atoms with van der Waals surface area (Å²) < 4.78 is 12.0. The molecule has 2 unspecified atom stereocenters. The van der Waals surface area contributed by atoms with Crippen LogP contribution in [0.4, 0.5) is 0 Å². The first-order valence-corrected chi connectivity index (χ1v) is 10.9. The highest BCUT2D eigenvalue weighted by atomic mass is 35.5. The summed E-state index contributed by atoms with van der Waals surface area (Å²) in [6.45, 7) is 0.506. The van der Waals surface area contributed by atoms with Gasteiger partial charge in [0.15, 0.2) is 6.23 Å². The second-order valence-corrected chi connectivity index (χ2v) is 8.44. The topological polar surface area (TPSA) is 55.8 Å². The molecule has 1 fully saturated rings. The Morgan fingerprint density at radius 1 is 1.00 bits per heavy atom. The van der Waals surface area contributed by atoms with Crippen molar-refractivity contribution < 1.29 is 19.1 Å². The van der Waals surface area contributed by atoms with Gasteiger partial charge in [0.1, 0.15) is 24.7 Å². The normalized spacial score (nSPS) is 17.9. The molecule has 0 saturated carbocycles. The molecular weight excluding hydrogens is 473 g/mol. The van der Waals surface area contributed by atoms with Crippen LogP contribution in [-0.4, -0.2) is 36.3 Å². The van der Waals surface area contributed by atoms with Crippen LogP contribution < -0.4 is 4.74 Å². The maximum Gasteiger partial charge on any atom is 0.257 e. The molecular formula is C24H18Cl3NO4. The zero-order chi connectivity index (χ0) is 22.7. The molecule has 32 heavy (non-hydrogen) atoms. The van der Waals surface area contributed by atoms with E-state index in [2.05, 4.69) is 0 Å². The highest BCUT2D eigenvalue weighted by Crippen LogP contribution is 2.35. The molecule has 1 aliphatic heterocycles.